The van der Waals surface area contributed by atoms with E-state index >= 15 is 0 Å². The summed E-state index contributed by atoms with van der Waals surface area (Å²) in [5.41, 5.74) is 3.40. The predicted octanol–water partition coefficient (Wildman–Crippen LogP) is 3.52. The summed E-state index contributed by atoms with van der Waals surface area (Å²) in [5, 5.41) is 2.73. The van der Waals surface area contributed by atoms with Gasteiger partial charge in [0.25, 0.3) is 5.91 Å². The number of aryl methyl sites for hydroxylation is 2. The number of rotatable bonds is 5. The molecule has 0 atom stereocenters. The van der Waals surface area contributed by atoms with Crippen LogP contribution < -0.4 is 10.1 Å². The number of anilines is 1. The maximum Gasteiger partial charge on any atom is 0.262 e. The molecule has 0 aliphatic heterocycles. The molecule has 0 saturated carbocycles. The summed E-state index contributed by atoms with van der Waals surface area (Å²) in [5.74, 6) is 0.458. The summed E-state index contributed by atoms with van der Waals surface area (Å²) < 4.78 is 5.52. The van der Waals surface area contributed by atoms with Crippen molar-refractivity contribution in [1.82, 2.24) is 0 Å². The molecule has 22 heavy (non-hydrogen) atoms. The van der Waals surface area contributed by atoms with Crippen LogP contribution in [-0.4, -0.2) is 18.3 Å². The number of ether oxygens (including phenoxy) is 1. The third-order valence-corrected chi connectivity index (χ3v) is 3.26. The first-order valence-electron chi connectivity index (χ1n) is 7.06. The highest BCUT2D eigenvalue weighted by atomic mass is 16.5. The highest BCUT2D eigenvalue weighted by molar-refractivity contribution is 5.95. The van der Waals surface area contributed by atoms with E-state index in [-0.39, 0.29) is 18.3 Å². The van der Waals surface area contributed by atoms with Crippen molar-refractivity contribution in [2.45, 2.75) is 20.8 Å². The molecule has 0 aromatic heterocycles. The lowest BCUT2D eigenvalue weighted by Gasteiger charge is -2.10. The van der Waals surface area contributed by atoms with Gasteiger partial charge in [-0.15, -0.1) is 0 Å². The van der Waals surface area contributed by atoms with Crippen LogP contribution in [0.5, 0.6) is 5.75 Å². The van der Waals surface area contributed by atoms with Crippen LogP contribution in [0.4, 0.5) is 5.69 Å². The molecule has 2 rings (SSSR count). The van der Waals surface area contributed by atoms with E-state index in [0.29, 0.717) is 17.0 Å². The highest BCUT2D eigenvalue weighted by Crippen LogP contribution is 2.18. The van der Waals surface area contributed by atoms with Gasteiger partial charge in [-0.1, -0.05) is 17.7 Å². The van der Waals surface area contributed by atoms with Crippen LogP contribution in [0.25, 0.3) is 0 Å². The molecule has 0 fully saturated rings. The summed E-state index contributed by atoms with van der Waals surface area (Å²) in [6.07, 6.45) is 0. The molecular weight excluding hydrogens is 278 g/mol. The topological polar surface area (TPSA) is 55.4 Å². The number of benzene rings is 2. The predicted molar refractivity (Wildman–Crippen MR) is 86.5 cm³/mol. The van der Waals surface area contributed by atoms with E-state index in [2.05, 4.69) is 5.32 Å². The summed E-state index contributed by atoms with van der Waals surface area (Å²) >= 11 is 0. The minimum absolute atomic E-state index is 0.00365. The van der Waals surface area contributed by atoms with Gasteiger partial charge in [-0.3, -0.25) is 9.59 Å². The van der Waals surface area contributed by atoms with Crippen LogP contribution in [0.15, 0.2) is 42.5 Å². The van der Waals surface area contributed by atoms with E-state index < -0.39 is 0 Å². The van der Waals surface area contributed by atoms with Crippen molar-refractivity contribution in [1.29, 1.82) is 0 Å². The molecule has 114 valence electrons. The maximum atomic E-state index is 11.9. The van der Waals surface area contributed by atoms with Gasteiger partial charge in [0.1, 0.15) is 5.75 Å². The zero-order valence-electron chi connectivity index (χ0n) is 13.0. The Morgan fingerprint density at radius 1 is 1.05 bits per heavy atom. The average Bonchev–Trinajstić information content (AvgIpc) is 2.47. The number of carbonyl (C=O) groups is 2. The van der Waals surface area contributed by atoms with E-state index in [4.69, 9.17) is 4.74 Å². The monoisotopic (exact) mass is 297 g/mol. The van der Waals surface area contributed by atoms with Crippen molar-refractivity contribution in [2.24, 2.45) is 0 Å². The molecule has 0 aliphatic rings. The molecule has 0 aliphatic carbocycles. The van der Waals surface area contributed by atoms with Crippen molar-refractivity contribution in [3.63, 3.8) is 0 Å². The van der Waals surface area contributed by atoms with Gasteiger partial charge < -0.3 is 10.1 Å². The number of hydrogen-bond acceptors (Lipinski definition) is 3. The Labute approximate surface area is 130 Å². The van der Waals surface area contributed by atoms with Crippen LogP contribution in [0, 0.1) is 13.8 Å². The second kappa shape index (κ2) is 6.89. The average molecular weight is 297 g/mol. The van der Waals surface area contributed by atoms with E-state index in [1.54, 1.807) is 24.3 Å². The highest BCUT2D eigenvalue weighted by Gasteiger charge is 2.06. The molecule has 1 N–H and O–H groups in total. The first-order chi connectivity index (χ1) is 10.5. The lowest BCUT2D eigenvalue weighted by molar-refractivity contribution is -0.118. The third kappa shape index (κ3) is 4.19. The van der Waals surface area contributed by atoms with Gasteiger partial charge in [0.2, 0.25) is 0 Å². The summed E-state index contributed by atoms with van der Waals surface area (Å²) in [6, 6.07) is 12.6. The van der Waals surface area contributed by atoms with Gasteiger partial charge in [-0.05, 0) is 56.7 Å². The third-order valence-electron chi connectivity index (χ3n) is 3.26. The molecule has 0 unspecified atom stereocenters. The Hall–Kier alpha value is -2.62. The van der Waals surface area contributed by atoms with Gasteiger partial charge in [0.15, 0.2) is 12.4 Å². The zero-order chi connectivity index (χ0) is 16.1. The van der Waals surface area contributed by atoms with Crippen LogP contribution in [0.1, 0.15) is 28.4 Å². The fourth-order valence-electron chi connectivity index (χ4n) is 2.09. The van der Waals surface area contributed by atoms with E-state index in [0.717, 1.165) is 11.1 Å². The number of ketones is 1. The number of nitrogens with one attached hydrogen (secondary N) is 1. The molecule has 2 aromatic rings. The SMILES string of the molecule is CC(=O)c1ccc(NC(=O)COc2ccc(C)cc2C)cc1. The minimum atomic E-state index is -0.240. The summed E-state index contributed by atoms with van der Waals surface area (Å²) in [4.78, 5) is 23.1. The summed E-state index contributed by atoms with van der Waals surface area (Å²) in [6.45, 7) is 5.40. The summed E-state index contributed by atoms with van der Waals surface area (Å²) in [7, 11) is 0. The molecular formula is C18H19NO3. The van der Waals surface area contributed by atoms with Crippen LogP contribution in [-0.2, 0) is 4.79 Å². The van der Waals surface area contributed by atoms with Crippen LogP contribution >= 0.6 is 0 Å². The lowest BCUT2D eigenvalue weighted by Crippen LogP contribution is -2.20. The molecule has 0 saturated heterocycles. The van der Waals surface area contributed by atoms with Crippen molar-refractivity contribution in [2.75, 3.05) is 11.9 Å². The van der Waals surface area contributed by atoms with E-state index in [1.807, 2.05) is 32.0 Å². The van der Waals surface area contributed by atoms with Crippen LogP contribution in [0.2, 0.25) is 0 Å². The van der Waals surface area contributed by atoms with Gasteiger partial charge >= 0.3 is 0 Å². The smallest absolute Gasteiger partial charge is 0.262 e. The lowest BCUT2D eigenvalue weighted by atomic mass is 10.1. The molecule has 0 radical (unpaired) electrons. The number of carbonyl (C=O) groups excluding carboxylic acids is 2. The Morgan fingerprint density at radius 3 is 2.32 bits per heavy atom. The van der Waals surface area contributed by atoms with E-state index in [9.17, 15) is 9.59 Å². The molecule has 2 aromatic carbocycles. The zero-order valence-corrected chi connectivity index (χ0v) is 13.0. The van der Waals surface area contributed by atoms with E-state index in [1.165, 1.54) is 6.92 Å². The molecule has 0 bridgehead atoms. The quantitative estimate of drug-likeness (QED) is 0.859. The second-order valence-corrected chi connectivity index (χ2v) is 5.24. The largest absolute Gasteiger partial charge is 0.483 e. The normalized spacial score (nSPS) is 10.1. The fourth-order valence-corrected chi connectivity index (χ4v) is 2.09. The number of Topliss-reactive ketones (excluding diaryl/α,β-unsaturated/α-hetero) is 1. The molecule has 1 amide bonds. The van der Waals surface area contributed by atoms with Gasteiger partial charge in [-0.25, -0.2) is 0 Å². The Morgan fingerprint density at radius 2 is 1.73 bits per heavy atom. The Bertz CT molecular complexity index is 690. The second-order valence-electron chi connectivity index (χ2n) is 5.24. The number of amides is 1. The first-order valence-corrected chi connectivity index (χ1v) is 7.06. The Kier molecular flexibility index (Phi) is 4.94. The van der Waals surface area contributed by atoms with Crippen molar-refractivity contribution >= 4 is 17.4 Å². The van der Waals surface area contributed by atoms with Gasteiger partial charge in [-0.2, -0.15) is 0 Å². The van der Waals surface area contributed by atoms with Crippen LogP contribution in [0.3, 0.4) is 0 Å². The van der Waals surface area contributed by atoms with Crippen molar-refractivity contribution in [3.05, 3.63) is 59.2 Å². The van der Waals surface area contributed by atoms with Gasteiger partial charge in [0.05, 0.1) is 0 Å². The van der Waals surface area contributed by atoms with Gasteiger partial charge in [0, 0.05) is 11.3 Å². The van der Waals surface area contributed by atoms with Crippen molar-refractivity contribution < 1.29 is 14.3 Å². The first kappa shape index (κ1) is 15.8. The standard InChI is InChI=1S/C18H19NO3/c1-12-4-9-17(13(2)10-12)22-11-18(21)19-16-7-5-15(6-8-16)14(3)20/h4-10H,11H2,1-3H3,(H,19,21). The molecule has 0 spiro atoms. The molecule has 0 heterocycles. The Balaban J connectivity index is 1.91. The number of hydrogen-bond donors (Lipinski definition) is 1. The molecule has 4 nitrogen and oxygen atoms in total. The molecule has 4 heteroatoms. The van der Waals surface area contributed by atoms with Crippen molar-refractivity contribution in [3.8, 4) is 5.75 Å². The fraction of sp³-hybridized carbons (Fsp3) is 0.222. The maximum absolute atomic E-state index is 11.9. The minimum Gasteiger partial charge on any atom is -0.483 e.